The van der Waals surface area contributed by atoms with E-state index in [4.69, 9.17) is 9.47 Å². The molecule has 0 atom stereocenters. The second-order valence-electron chi connectivity index (χ2n) is 9.76. The molecule has 4 aliphatic rings. The number of esters is 2. The molecule has 0 N–H and O–H groups in total. The number of allylic oxidation sites excluding steroid dienone is 2. The van der Waals surface area contributed by atoms with Crippen LogP contribution in [0.1, 0.15) is 44.1 Å². The number of rotatable bonds is 6. The Bertz CT molecular complexity index is 859. The predicted octanol–water partition coefficient (Wildman–Crippen LogP) is 4.45. The lowest BCUT2D eigenvalue weighted by Gasteiger charge is -2.58. The molecule has 0 saturated heterocycles. The first-order chi connectivity index (χ1) is 14.9. The van der Waals surface area contributed by atoms with Gasteiger partial charge in [0.1, 0.15) is 0 Å². The second kappa shape index (κ2) is 8.52. The third-order valence-corrected chi connectivity index (χ3v) is 7.49. The van der Waals surface area contributed by atoms with Crippen LogP contribution in [0.5, 0.6) is 0 Å². The summed E-state index contributed by atoms with van der Waals surface area (Å²) in [4.78, 5) is 27.0. The van der Waals surface area contributed by atoms with Crippen molar-refractivity contribution in [3.05, 3.63) is 53.2 Å². The molecular formula is C26H33NO4. The summed E-state index contributed by atoms with van der Waals surface area (Å²) in [7, 11) is 6.28. The van der Waals surface area contributed by atoms with Gasteiger partial charge in [0.25, 0.3) is 0 Å². The summed E-state index contributed by atoms with van der Waals surface area (Å²) in [6.45, 7) is 0. The molecule has 1 aromatic rings. The van der Waals surface area contributed by atoms with Crippen molar-refractivity contribution < 1.29 is 19.1 Å². The van der Waals surface area contributed by atoms with Gasteiger partial charge < -0.3 is 14.4 Å². The third kappa shape index (κ3) is 4.02. The number of benzene rings is 1. The maximum Gasteiger partial charge on any atom is 0.347 e. The van der Waals surface area contributed by atoms with Crippen molar-refractivity contribution in [1.82, 2.24) is 4.90 Å². The number of nitrogens with zero attached hydrogens (tertiary/aromatic N) is 1. The van der Waals surface area contributed by atoms with Crippen LogP contribution in [0.25, 0.3) is 5.57 Å². The van der Waals surface area contributed by atoms with E-state index in [1.54, 1.807) is 0 Å². The Labute approximate surface area is 185 Å². The summed E-state index contributed by atoms with van der Waals surface area (Å²) in [5.41, 5.74) is 2.97. The average Bonchev–Trinajstić information content (AvgIpc) is 2.75. The van der Waals surface area contributed by atoms with E-state index in [2.05, 4.69) is 30.3 Å². The van der Waals surface area contributed by atoms with E-state index in [0.717, 1.165) is 23.3 Å². The number of likely N-dealkylation sites (N-methyl/N-ethyl adjacent to an activating group) is 1. The SMILES string of the molecule is COC(=O)C(C(=O)OC)=C(/C=C(/c1ccccc1)C12CC3CC(CC(C3)C1)C2)N(C)C. The van der Waals surface area contributed by atoms with Crippen molar-refractivity contribution in [3.63, 3.8) is 0 Å². The van der Waals surface area contributed by atoms with Crippen molar-refractivity contribution >= 4 is 17.5 Å². The summed E-state index contributed by atoms with van der Waals surface area (Å²) >= 11 is 0. The molecule has 5 nitrogen and oxygen atoms in total. The number of hydrogen-bond acceptors (Lipinski definition) is 5. The lowest BCUT2D eigenvalue weighted by atomic mass is 9.47. The summed E-state index contributed by atoms with van der Waals surface area (Å²) in [6, 6.07) is 10.4. The monoisotopic (exact) mass is 423 g/mol. The molecule has 0 heterocycles. The Balaban J connectivity index is 1.91. The van der Waals surface area contributed by atoms with Crippen molar-refractivity contribution in [2.45, 2.75) is 38.5 Å². The van der Waals surface area contributed by atoms with Gasteiger partial charge in [0.15, 0.2) is 5.57 Å². The second-order valence-corrected chi connectivity index (χ2v) is 9.76. The minimum atomic E-state index is -0.676. The summed E-state index contributed by atoms with van der Waals surface area (Å²) in [5.74, 6) is 0.997. The number of carbonyl (C=O) groups is 2. The first-order valence-electron chi connectivity index (χ1n) is 11.2. The van der Waals surface area contributed by atoms with E-state index in [1.165, 1.54) is 58.3 Å². The quantitative estimate of drug-likeness (QED) is 0.222. The Morgan fingerprint density at radius 3 is 1.81 bits per heavy atom. The zero-order chi connectivity index (χ0) is 22.2. The fraction of sp³-hybridized carbons (Fsp3) is 0.538. The van der Waals surface area contributed by atoms with Crippen molar-refractivity contribution in [1.29, 1.82) is 0 Å². The smallest absolute Gasteiger partial charge is 0.347 e. The van der Waals surface area contributed by atoms with E-state index in [0.29, 0.717) is 5.70 Å². The molecule has 31 heavy (non-hydrogen) atoms. The highest BCUT2D eigenvalue weighted by Gasteiger charge is 2.52. The maximum absolute atomic E-state index is 12.6. The standard InChI is InChI=1S/C26H33NO4/c1-27(2)22(23(24(28)30-3)25(29)31-4)13-21(20-8-6-5-7-9-20)26-14-17-10-18(15-26)12-19(11-17)16-26/h5-9,13,17-19H,10-12,14-16H2,1-4H3/b21-13-. The molecule has 0 radical (unpaired) electrons. The van der Waals surface area contributed by atoms with Crippen LogP contribution in [-0.4, -0.2) is 45.2 Å². The minimum absolute atomic E-state index is 0.0619. The molecule has 4 saturated carbocycles. The van der Waals surface area contributed by atoms with Gasteiger partial charge in [-0.05, 0) is 78.9 Å². The van der Waals surface area contributed by atoms with Gasteiger partial charge in [-0.2, -0.15) is 0 Å². The highest BCUT2D eigenvalue weighted by atomic mass is 16.5. The van der Waals surface area contributed by atoms with Crippen LogP contribution in [0.2, 0.25) is 0 Å². The zero-order valence-electron chi connectivity index (χ0n) is 19.0. The van der Waals surface area contributed by atoms with Gasteiger partial charge in [-0.25, -0.2) is 9.59 Å². The first kappa shape index (κ1) is 21.7. The van der Waals surface area contributed by atoms with Crippen LogP contribution in [0.15, 0.2) is 47.7 Å². The van der Waals surface area contributed by atoms with E-state index in [-0.39, 0.29) is 11.0 Å². The summed E-state index contributed by atoms with van der Waals surface area (Å²) < 4.78 is 9.90. The summed E-state index contributed by atoms with van der Waals surface area (Å²) in [5, 5.41) is 0. The number of ether oxygens (including phenoxy) is 2. The summed E-state index contributed by atoms with van der Waals surface area (Å²) in [6.07, 6.45) is 9.68. The van der Waals surface area contributed by atoms with E-state index < -0.39 is 11.9 Å². The molecule has 4 aliphatic carbocycles. The third-order valence-electron chi connectivity index (χ3n) is 7.49. The van der Waals surface area contributed by atoms with Crippen molar-refractivity contribution in [3.8, 4) is 0 Å². The number of hydrogen-bond donors (Lipinski definition) is 0. The highest BCUT2D eigenvalue weighted by molar-refractivity contribution is 6.15. The molecule has 4 bridgehead atoms. The van der Waals surface area contributed by atoms with Crippen LogP contribution in [-0.2, 0) is 19.1 Å². The molecule has 1 aromatic carbocycles. The Morgan fingerprint density at radius 1 is 0.903 bits per heavy atom. The topological polar surface area (TPSA) is 55.8 Å². The molecule has 5 rings (SSSR count). The maximum atomic E-state index is 12.6. The molecule has 166 valence electrons. The highest BCUT2D eigenvalue weighted by Crippen LogP contribution is 2.64. The largest absolute Gasteiger partial charge is 0.465 e. The van der Waals surface area contributed by atoms with Gasteiger partial charge in [0, 0.05) is 14.1 Å². The molecule has 5 heteroatoms. The van der Waals surface area contributed by atoms with Crippen LogP contribution in [0.4, 0.5) is 0 Å². The Kier molecular flexibility index (Phi) is 5.96. The van der Waals surface area contributed by atoms with Gasteiger partial charge in [-0.15, -0.1) is 0 Å². The van der Waals surface area contributed by atoms with Gasteiger partial charge in [-0.1, -0.05) is 30.3 Å². The molecule has 0 amide bonds. The lowest BCUT2D eigenvalue weighted by Crippen LogP contribution is -2.46. The van der Waals surface area contributed by atoms with Crippen LogP contribution >= 0.6 is 0 Å². The van der Waals surface area contributed by atoms with Crippen LogP contribution in [0, 0.1) is 23.2 Å². The van der Waals surface area contributed by atoms with Gasteiger partial charge >= 0.3 is 11.9 Å². The molecule has 4 fully saturated rings. The average molecular weight is 424 g/mol. The first-order valence-corrected chi connectivity index (χ1v) is 11.2. The molecule has 0 aliphatic heterocycles. The Morgan fingerprint density at radius 2 is 1.39 bits per heavy atom. The van der Waals surface area contributed by atoms with Crippen LogP contribution < -0.4 is 0 Å². The number of carbonyl (C=O) groups excluding carboxylic acids is 2. The fourth-order valence-electron chi connectivity index (χ4n) is 6.66. The lowest BCUT2D eigenvalue weighted by molar-refractivity contribution is -0.144. The van der Waals surface area contributed by atoms with Crippen molar-refractivity contribution in [2.24, 2.45) is 23.2 Å². The molecular weight excluding hydrogens is 390 g/mol. The normalized spacial score (nSPS) is 28.8. The molecule has 0 unspecified atom stereocenters. The van der Waals surface area contributed by atoms with Crippen molar-refractivity contribution in [2.75, 3.05) is 28.3 Å². The van der Waals surface area contributed by atoms with E-state index in [9.17, 15) is 9.59 Å². The Hall–Kier alpha value is -2.56. The molecule has 0 aromatic heterocycles. The van der Waals surface area contributed by atoms with Gasteiger partial charge in [0.05, 0.1) is 19.9 Å². The minimum Gasteiger partial charge on any atom is -0.465 e. The van der Waals surface area contributed by atoms with E-state index >= 15 is 0 Å². The fourth-order valence-corrected chi connectivity index (χ4v) is 6.66. The van der Waals surface area contributed by atoms with Gasteiger partial charge in [-0.3, -0.25) is 0 Å². The molecule has 0 spiro atoms. The predicted molar refractivity (Wildman–Crippen MR) is 120 cm³/mol. The van der Waals surface area contributed by atoms with Gasteiger partial charge in [0.2, 0.25) is 0 Å². The van der Waals surface area contributed by atoms with E-state index in [1.807, 2.05) is 25.1 Å². The van der Waals surface area contributed by atoms with Crippen LogP contribution in [0.3, 0.4) is 0 Å². The number of methoxy groups -OCH3 is 2. The zero-order valence-corrected chi connectivity index (χ0v) is 19.0.